The lowest BCUT2D eigenvalue weighted by molar-refractivity contribution is 0.639. The van der Waals surface area contributed by atoms with Crippen LogP contribution < -0.4 is 4.90 Å². The maximum absolute atomic E-state index is 3.91. The summed E-state index contributed by atoms with van der Waals surface area (Å²) in [4.78, 5) is 2.47. The van der Waals surface area contributed by atoms with Crippen LogP contribution in [0.15, 0.2) is 200 Å². The first-order valence-electron chi connectivity index (χ1n) is 18.9. The highest BCUT2D eigenvalue weighted by molar-refractivity contribution is 5.91. The van der Waals surface area contributed by atoms with Crippen molar-refractivity contribution in [1.29, 1.82) is 0 Å². The molecule has 2 aliphatic rings. The number of allylic oxidation sites excluding steroid dienone is 12. The van der Waals surface area contributed by atoms with Crippen molar-refractivity contribution in [2.24, 2.45) is 0 Å². The molecule has 0 spiro atoms. The van der Waals surface area contributed by atoms with Gasteiger partial charge in [0.2, 0.25) is 0 Å². The molecule has 1 nitrogen and oxygen atoms in total. The lowest BCUT2D eigenvalue weighted by atomic mass is 9.80. The van der Waals surface area contributed by atoms with Crippen molar-refractivity contribution >= 4 is 16.8 Å². The second-order valence-corrected chi connectivity index (χ2v) is 14.5. The molecule has 0 aliphatic heterocycles. The van der Waals surface area contributed by atoms with Gasteiger partial charge in [0.25, 0.3) is 0 Å². The van der Waals surface area contributed by atoms with Crippen molar-refractivity contribution in [2.75, 3.05) is 4.90 Å². The van der Waals surface area contributed by atoms with Crippen LogP contribution in [-0.4, -0.2) is 0 Å². The van der Waals surface area contributed by atoms with Crippen molar-refractivity contribution < 1.29 is 0 Å². The van der Waals surface area contributed by atoms with Crippen LogP contribution in [0.2, 0.25) is 0 Å². The van der Waals surface area contributed by atoms with E-state index in [9.17, 15) is 0 Å². The number of fused-ring (bicyclic) bond motifs is 1. The first kappa shape index (κ1) is 35.5. The Balaban J connectivity index is 1.34. The molecule has 0 heterocycles. The number of rotatable bonds is 11. The Labute approximate surface area is 317 Å². The summed E-state index contributed by atoms with van der Waals surface area (Å²) < 4.78 is 0. The third kappa shape index (κ3) is 7.39. The largest absolute Gasteiger partial charge is 0.315 e. The Kier molecular flexibility index (Phi) is 10.6. The number of nitrogens with zero attached hydrogens (tertiary/aromatic N) is 1. The van der Waals surface area contributed by atoms with Crippen molar-refractivity contribution in [3.63, 3.8) is 0 Å². The molecule has 0 N–H and O–H groups in total. The van der Waals surface area contributed by atoms with Gasteiger partial charge in [-0.15, -0.1) is 0 Å². The van der Waals surface area contributed by atoms with E-state index < -0.39 is 0 Å². The fourth-order valence-electron chi connectivity index (χ4n) is 7.78. The SMILES string of the molecule is C=C/C=C\C1=C(C)C(C)(C)c2cc(-c3ccc(N(C4=CC=C(c5ccccc5)CC4)C(/C=C\Cc4ccccc4)=C/C)cc3-c3ccccc3)ccc21. The second-order valence-electron chi connectivity index (χ2n) is 14.5. The van der Waals surface area contributed by atoms with Crippen LogP contribution in [0.5, 0.6) is 0 Å². The molecule has 0 radical (unpaired) electrons. The van der Waals surface area contributed by atoms with Crippen LogP contribution in [0.3, 0.4) is 0 Å². The smallest absolute Gasteiger partial charge is 0.0464 e. The van der Waals surface area contributed by atoms with Gasteiger partial charge in [-0.05, 0) is 119 Å². The highest BCUT2D eigenvalue weighted by Crippen LogP contribution is 2.48. The zero-order valence-electron chi connectivity index (χ0n) is 31.5. The zero-order chi connectivity index (χ0) is 36.8. The van der Waals surface area contributed by atoms with Crippen LogP contribution in [0.1, 0.15) is 62.8 Å². The minimum atomic E-state index is -0.0671. The van der Waals surface area contributed by atoms with E-state index in [4.69, 9.17) is 0 Å². The summed E-state index contributed by atoms with van der Waals surface area (Å²) in [6.45, 7) is 13.0. The highest BCUT2D eigenvalue weighted by atomic mass is 15.2. The van der Waals surface area contributed by atoms with Crippen molar-refractivity contribution in [3.05, 3.63) is 222 Å². The molecule has 5 aromatic rings. The molecule has 53 heavy (non-hydrogen) atoms. The summed E-state index contributed by atoms with van der Waals surface area (Å²) in [6.07, 6.45) is 20.4. The molecule has 0 unspecified atom stereocenters. The van der Waals surface area contributed by atoms with Crippen molar-refractivity contribution in [2.45, 2.75) is 52.4 Å². The molecule has 0 fully saturated rings. The third-order valence-electron chi connectivity index (χ3n) is 11.0. The molecule has 0 aromatic heterocycles. The molecule has 0 amide bonds. The monoisotopic (exact) mass is 687 g/mol. The van der Waals surface area contributed by atoms with E-state index in [-0.39, 0.29) is 5.41 Å². The van der Waals surface area contributed by atoms with Gasteiger partial charge in [-0.2, -0.15) is 0 Å². The summed E-state index contributed by atoms with van der Waals surface area (Å²) in [5, 5.41) is 0. The molecule has 0 bridgehead atoms. The van der Waals surface area contributed by atoms with E-state index in [1.165, 1.54) is 66.9 Å². The molecule has 1 heteroatoms. The van der Waals surface area contributed by atoms with Gasteiger partial charge < -0.3 is 4.90 Å². The van der Waals surface area contributed by atoms with Gasteiger partial charge in [0.05, 0.1) is 0 Å². The molecular weight excluding hydrogens is 639 g/mol. The lowest BCUT2D eigenvalue weighted by Crippen LogP contribution is -2.22. The molecule has 0 saturated heterocycles. The standard InChI is InChI=1S/C52H49N/c1-6-8-27-47-38(3)52(4,5)51-36-43(30-34-49(47)51)48-35-33-46(37-50(48)42-24-16-11-17-25-42)53(44(7-2)26-18-21-39-19-12-9-13-20-39)45-31-28-41(29-32-45)40-22-14-10-15-23-40/h6-20,22-28,30-31,33-37H,1,21,29,32H2,2-5H3/b26-18-,27-8-,44-7+. The Hall–Kier alpha value is -5.92. The van der Waals surface area contributed by atoms with Gasteiger partial charge in [-0.25, -0.2) is 0 Å². The summed E-state index contributed by atoms with van der Waals surface area (Å²) >= 11 is 0. The molecule has 262 valence electrons. The predicted molar refractivity (Wildman–Crippen MR) is 230 cm³/mol. The van der Waals surface area contributed by atoms with Crippen molar-refractivity contribution in [1.82, 2.24) is 0 Å². The van der Waals surface area contributed by atoms with Crippen LogP contribution in [0, 0.1) is 0 Å². The molecule has 5 aromatic carbocycles. The van der Waals surface area contributed by atoms with Crippen LogP contribution in [0.4, 0.5) is 5.69 Å². The van der Waals surface area contributed by atoms with Gasteiger partial charge in [-0.1, -0.05) is 172 Å². The van der Waals surface area contributed by atoms with E-state index in [2.05, 4.69) is 203 Å². The van der Waals surface area contributed by atoms with E-state index in [0.29, 0.717) is 0 Å². The zero-order valence-corrected chi connectivity index (χ0v) is 31.5. The Bertz CT molecular complexity index is 2290. The van der Waals surface area contributed by atoms with Crippen molar-refractivity contribution in [3.8, 4) is 22.3 Å². The summed E-state index contributed by atoms with van der Waals surface area (Å²) in [5.41, 5.74) is 17.8. The maximum Gasteiger partial charge on any atom is 0.0464 e. The molecule has 0 atom stereocenters. The first-order chi connectivity index (χ1) is 25.9. The highest BCUT2D eigenvalue weighted by Gasteiger charge is 2.34. The number of benzene rings is 5. The van der Waals surface area contributed by atoms with Gasteiger partial charge >= 0.3 is 0 Å². The Morgan fingerprint density at radius 2 is 1.40 bits per heavy atom. The third-order valence-corrected chi connectivity index (χ3v) is 11.0. The topological polar surface area (TPSA) is 3.24 Å². The average Bonchev–Trinajstić information content (AvgIpc) is 3.40. The minimum Gasteiger partial charge on any atom is -0.315 e. The van der Waals surface area contributed by atoms with Gasteiger partial charge in [0.1, 0.15) is 0 Å². The fourth-order valence-corrected chi connectivity index (χ4v) is 7.78. The number of hydrogen-bond acceptors (Lipinski definition) is 1. The quantitative estimate of drug-likeness (QED) is 0.125. The summed E-state index contributed by atoms with van der Waals surface area (Å²) in [6, 6.07) is 46.4. The average molecular weight is 688 g/mol. The van der Waals surface area contributed by atoms with Crippen LogP contribution >= 0.6 is 0 Å². The summed E-state index contributed by atoms with van der Waals surface area (Å²) in [7, 11) is 0. The Morgan fingerprint density at radius 1 is 0.717 bits per heavy atom. The molecule has 2 aliphatic carbocycles. The van der Waals surface area contributed by atoms with E-state index >= 15 is 0 Å². The second kappa shape index (κ2) is 15.8. The minimum absolute atomic E-state index is 0.0671. The fraction of sp³-hybridized carbons (Fsp3) is 0.154. The normalized spacial score (nSPS) is 15.4. The Morgan fingerprint density at radius 3 is 2.06 bits per heavy atom. The summed E-state index contributed by atoms with van der Waals surface area (Å²) in [5.74, 6) is 0. The van der Waals surface area contributed by atoms with Gasteiger partial charge in [0, 0.05) is 22.5 Å². The molecule has 7 rings (SSSR count). The molecular formula is C52H49N. The van der Waals surface area contributed by atoms with Gasteiger partial charge in [-0.3, -0.25) is 0 Å². The number of hydrogen-bond donors (Lipinski definition) is 0. The first-order valence-corrected chi connectivity index (χ1v) is 18.9. The van der Waals surface area contributed by atoms with Gasteiger partial charge in [0.15, 0.2) is 0 Å². The van der Waals surface area contributed by atoms with Crippen LogP contribution in [-0.2, 0) is 11.8 Å². The van der Waals surface area contributed by atoms with Crippen LogP contribution in [0.25, 0.3) is 33.4 Å². The predicted octanol–water partition coefficient (Wildman–Crippen LogP) is 14.1. The van der Waals surface area contributed by atoms with E-state index in [0.717, 1.165) is 30.6 Å². The lowest BCUT2D eigenvalue weighted by Gasteiger charge is -2.31. The number of anilines is 1. The maximum atomic E-state index is 3.91. The molecule has 0 saturated carbocycles. The van der Waals surface area contributed by atoms with E-state index in [1.807, 2.05) is 12.2 Å². The van der Waals surface area contributed by atoms with E-state index in [1.54, 1.807) is 0 Å².